The van der Waals surface area contributed by atoms with Gasteiger partial charge < -0.3 is 0 Å². The third kappa shape index (κ3) is 7.39. The Balaban J connectivity index is 1.31. The van der Waals surface area contributed by atoms with Crippen LogP contribution in [-0.2, 0) is 10.8 Å². The smallest absolute Gasteiger partial charge is 0.0340 e. The van der Waals surface area contributed by atoms with Crippen LogP contribution in [0.15, 0.2) is 146 Å². The monoisotopic (exact) mass is 626 g/mol. The molecule has 48 heavy (non-hydrogen) atoms. The molecule has 0 N–H and O–H groups in total. The number of benzene rings is 6. The third-order valence-corrected chi connectivity index (χ3v) is 9.86. The topological polar surface area (TPSA) is 0 Å². The van der Waals surface area contributed by atoms with E-state index in [1.807, 2.05) is 0 Å². The largest absolute Gasteiger partial charge is 0.0590 e. The Morgan fingerprint density at radius 3 is 0.729 bits per heavy atom. The summed E-state index contributed by atoms with van der Waals surface area (Å²) < 4.78 is 0. The predicted molar refractivity (Wildman–Crippen MR) is 206 cm³/mol. The molecule has 0 fully saturated rings. The van der Waals surface area contributed by atoms with Crippen molar-refractivity contribution in [1.29, 1.82) is 0 Å². The summed E-state index contributed by atoms with van der Waals surface area (Å²) >= 11 is 0. The van der Waals surface area contributed by atoms with Gasteiger partial charge in [0.1, 0.15) is 0 Å². The Hall–Kier alpha value is -4.68. The molecular formula is C48H50. The zero-order chi connectivity index (χ0) is 34.1. The average molecular weight is 627 g/mol. The van der Waals surface area contributed by atoms with Crippen LogP contribution in [0.3, 0.4) is 0 Å². The van der Waals surface area contributed by atoms with Gasteiger partial charge in [0.15, 0.2) is 0 Å². The molecule has 0 aliphatic rings. The van der Waals surface area contributed by atoms with E-state index in [0.29, 0.717) is 0 Å². The molecule has 2 unspecified atom stereocenters. The number of hydrogen-bond donors (Lipinski definition) is 0. The summed E-state index contributed by atoms with van der Waals surface area (Å²) in [5.74, 6) is 0.354. The fourth-order valence-electron chi connectivity index (χ4n) is 6.76. The van der Waals surface area contributed by atoms with E-state index in [1.165, 1.54) is 66.8 Å². The molecule has 0 saturated carbocycles. The first-order valence-electron chi connectivity index (χ1n) is 17.4. The summed E-state index contributed by atoms with van der Waals surface area (Å²) in [7, 11) is 0. The van der Waals surface area contributed by atoms with Crippen LogP contribution in [0.5, 0.6) is 0 Å². The minimum Gasteiger partial charge on any atom is -0.0590 e. The van der Waals surface area contributed by atoms with Gasteiger partial charge >= 0.3 is 0 Å². The first-order valence-corrected chi connectivity index (χ1v) is 17.4. The lowest BCUT2D eigenvalue weighted by Gasteiger charge is -2.23. The molecule has 6 rings (SSSR count). The van der Waals surface area contributed by atoms with Gasteiger partial charge in [0.05, 0.1) is 0 Å². The third-order valence-electron chi connectivity index (χ3n) is 9.86. The molecule has 6 aromatic carbocycles. The Morgan fingerprint density at radius 1 is 0.292 bits per heavy atom. The van der Waals surface area contributed by atoms with E-state index in [1.54, 1.807) is 0 Å². The molecule has 0 aliphatic carbocycles. The van der Waals surface area contributed by atoms with E-state index in [4.69, 9.17) is 0 Å². The van der Waals surface area contributed by atoms with Gasteiger partial charge in [-0.05, 0) is 80.3 Å². The quantitative estimate of drug-likeness (QED) is 0.155. The van der Waals surface area contributed by atoms with Crippen molar-refractivity contribution in [2.75, 3.05) is 0 Å². The van der Waals surface area contributed by atoms with Crippen molar-refractivity contribution in [3.63, 3.8) is 0 Å². The highest BCUT2D eigenvalue weighted by atomic mass is 14.2. The Morgan fingerprint density at radius 2 is 0.500 bits per heavy atom. The van der Waals surface area contributed by atoms with Crippen molar-refractivity contribution in [1.82, 2.24) is 0 Å². The van der Waals surface area contributed by atoms with Crippen LogP contribution in [0.25, 0.3) is 11.1 Å². The minimum atomic E-state index is 0.131. The Labute approximate surface area is 289 Å². The number of aryl methyl sites for hydroxylation is 2. The Bertz CT molecular complexity index is 1770. The van der Waals surface area contributed by atoms with Gasteiger partial charge in [0, 0.05) is 11.8 Å². The zero-order valence-electron chi connectivity index (χ0n) is 30.0. The van der Waals surface area contributed by atoms with Crippen LogP contribution in [0.4, 0.5) is 0 Å². The molecule has 242 valence electrons. The zero-order valence-corrected chi connectivity index (χ0v) is 30.0. The summed E-state index contributed by atoms with van der Waals surface area (Å²) in [5.41, 5.74) is 15.9. The SMILES string of the molecule is Cc1ccc(C(c2ccc(-c3ccc(C(c4ccc(C)cc4)c4ccc(C(C)(C)C)cc4)cc3)cc2)c2ccc(C(C)(C)C)cc2)cc1. The molecule has 0 nitrogen and oxygen atoms in total. The summed E-state index contributed by atoms with van der Waals surface area (Å²) in [4.78, 5) is 0. The van der Waals surface area contributed by atoms with Gasteiger partial charge in [-0.2, -0.15) is 0 Å². The normalized spacial score (nSPS) is 13.2. The molecule has 0 saturated heterocycles. The average Bonchev–Trinajstić information content (AvgIpc) is 3.07. The van der Waals surface area contributed by atoms with Crippen molar-refractivity contribution in [2.45, 2.75) is 78.1 Å². The second-order valence-electron chi connectivity index (χ2n) is 15.7. The maximum Gasteiger partial charge on any atom is 0.0340 e. The summed E-state index contributed by atoms with van der Waals surface area (Å²) in [6.07, 6.45) is 0. The first kappa shape index (κ1) is 33.2. The lowest BCUT2D eigenvalue weighted by Crippen LogP contribution is -2.11. The fraction of sp³-hybridized carbons (Fsp3) is 0.250. The van der Waals surface area contributed by atoms with Gasteiger partial charge in [-0.15, -0.1) is 0 Å². The van der Waals surface area contributed by atoms with E-state index in [2.05, 4.69) is 201 Å². The summed E-state index contributed by atoms with van der Waals surface area (Å²) in [6, 6.07) is 54.9. The molecule has 2 atom stereocenters. The molecule has 0 spiro atoms. The Kier molecular flexibility index (Phi) is 9.30. The summed E-state index contributed by atoms with van der Waals surface area (Å²) in [5, 5.41) is 0. The van der Waals surface area contributed by atoms with Crippen LogP contribution >= 0.6 is 0 Å². The second kappa shape index (κ2) is 13.4. The van der Waals surface area contributed by atoms with Gasteiger partial charge in [-0.3, -0.25) is 0 Å². The van der Waals surface area contributed by atoms with Crippen molar-refractivity contribution in [3.05, 3.63) is 201 Å². The fourth-order valence-corrected chi connectivity index (χ4v) is 6.76. The number of hydrogen-bond acceptors (Lipinski definition) is 0. The van der Waals surface area contributed by atoms with Crippen LogP contribution < -0.4 is 0 Å². The molecule has 0 radical (unpaired) electrons. The van der Waals surface area contributed by atoms with Crippen LogP contribution in [-0.4, -0.2) is 0 Å². The molecule has 0 amide bonds. The lowest BCUT2D eigenvalue weighted by atomic mass is 9.81. The molecule has 0 aliphatic heterocycles. The van der Waals surface area contributed by atoms with Crippen LogP contribution in [0.1, 0.15) is 109 Å². The molecule has 0 heterocycles. The molecule has 0 aromatic heterocycles. The van der Waals surface area contributed by atoms with Crippen LogP contribution in [0, 0.1) is 13.8 Å². The van der Waals surface area contributed by atoms with Gasteiger partial charge in [-0.25, -0.2) is 0 Å². The van der Waals surface area contributed by atoms with E-state index in [9.17, 15) is 0 Å². The van der Waals surface area contributed by atoms with E-state index in [-0.39, 0.29) is 22.7 Å². The maximum atomic E-state index is 2.32. The van der Waals surface area contributed by atoms with E-state index < -0.39 is 0 Å². The lowest BCUT2D eigenvalue weighted by molar-refractivity contribution is 0.589. The minimum absolute atomic E-state index is 0.131. The van der Waals surface area contributed by atoms with Crippen molar-refractivity contribution < 1.29 is 0 Å². The predicted octanol–water partition coefficient (Wildman–Crippen LogP) is 12.9. The number of rotatable bonds is 7. The molecular weight excluding hydrogens is 577 g/mol. The highest BCUT2D eigenvalue weighted by Crippen LogP contribution is 2.37. The molecule has 6 aromatic rings. The first-order chi connectivity index (χ1) is 22.9. The molecule has 0 heteroatoms. The molecule has 0 bridgehead atoms. The van der Waals surface area contributed by atoms with Gasteiger partial charge in [-0.1, -0.05) is 198 Å². The van der Waals surface area contributed by atoms with E-state index >= 15 is 0 Å². The standard InChI is InChI=1S/C48H50/c1-33-9-13-37(14-10-33)45(41-25-29-43(30-26-41)47(3,4)5)39-21-17-35(18-22-39)36-19-23-40(24-20-36)46(38-15-11-34(2)12-16-38)42-27-31-44(32-28-42)48(6,7)8/h9-32,45-46H,1-8H3. The second-order valence-corrected chi connectivity index (χ2v) is 15.7. The van der Waals surface area contributed by atoms with Crippen LogP contribution in [0.2, 0.25) is 0 Å². The highest BCUT2D eigenvalue weighted by Gasteiger charge is 2.21. The van der Waals surface area contributed by atoms with Crippen molar-refractivity contribution >= 4 is 0 Å². The summed E-state index contributed by atoms with van der Waals surface area (Å²) in [6.45, 7) is 18.0. The maximum absolute atomic E-state index is 2.32. The van der Waals surface area contributed by atoms with Crippen molar-refractivity contribution in [3.8, 4) is 11.1 Å². The van der Waals surface area contributed by atoms with E-state index in [0.717, 1.165) is 0 Å². The van der Waals surface area contributed by atoms with Gasteiger partial charge in [0.25, 0.3) is 0 Å². The van der Waals surface area contributed by atoms with Gasteiger partial charge in [0.2, 0.25) is 0 Å². The van der Waals surface area contributed by atoms with Crippen molar-refractivity contribution in [2.24, 2.45) is 0 Å². The highest BCUT2D eigenvalue weighted by molar-refractivity contribution is 5.65.